The molecular weight excluding hydrogens is 883 g/mol. The molecule has 0 bridgehead atoms. The number of amides is 1. The summed E-state index contributed by atoms with van der Waals surface area (Å²) in [7, 11) is 0. The van der Waals surface area contributed by atoms with Crippen molar-refractivity contribution in [2.75, 3.05) is 19.8 Å². The van der Waals surface area contributed by atoms with Gasteiger partial charge in [0.05, 0.1) is 32.0 Å². The Morgan fingerprint density at radius 3 is 1.54 bits per heavy atom. The number of carbonyl (C=O) groups excluding carboxylic acids is 1. The Morgan fingerprint density at radius 2 is 1.00 bits per heavy atom. The second-order valence-electron chi connectivity index (χ2n) is 18.3. The van der Waals surface area contributed by atoms with Crippen molar-refractivity contribution in [1.29, 1.82) is 0 Å². The van der Waals surface area contributed by atoms with E-state index in [4.69, 9.17) is 18.9 Å². The first-order chi connectivity index (χ1) is 33.6. The Kier molecular flexibility index (Phi) is 36.8. The first-order valence-electron chi connectivity index (χ1n) is 26.3. The van der Waals surface area contributed by atoms with E-state index in [-0.39, 0.29) is 18.9 Å². The highest BCUT2D eigenvalue weighted by Crippen LogP contribution is 2.30. The standard InChI is InChI=1S/C55H93NO13/c1-3-5-7-9-11-13-14-15-16-17-18-19-20-21-22-23-24-25-26-27-28-29-30-31-33-35-37-39-47(60)56-43(44(59)38-36-34-32-12-10-8-6-4-2)42-66-54-52(65)50(63)53(46(41-58)68-54)69-55-51(64)49(62)48(61)45(40-57)67-55/h5,7,11,13,15-16,18-19,21-22,24-25,27-28,43-46,48-55,57-59,61-65H,3-4,6,8-10,12,14,17,20,23,26,29-42H2,1-2H3,(H,56,60)/b7-5-,13-11-,16-15-,19-18-,22-21-,25-24-,28-27-. The molecule has 0 saturated carbocycles. The molecule has 396 valence electrons. The Hall–Kier alpha value is -2.83. The van der Waals surface area contributed by atoms with Crippen LogP contribution in [-0.2, 0) is 23.7 Å². The molecule has 2 aliphatic heterocycles. The normalized spacial score (nSPS) is 26.9. The molecule has 2 saturated heterocycles. The van der Waals surface area contributed by atoms with Gasteiger partial charge in [0.25, 0.3) is 0 Å². The first-order valence-corrected chi connectivity index (χ1v) is 26.3. The van der Waals surface area contributed by atoms with Gasteiger partial charge in [-0.15, -0.1) is 0 Å². The Morgan fingerprint density at radius 1 is 0.536 bits per heavy atom. The van der Waals surface area contributed by atoms with Crippen LogP contribution < -0.4 is 5.32 Å². The van der Waals surface area contributed by atoms with Crippen molar-refractivity contribution in [1.82, 2.24) is 5.32 Å². The minimum absolute atomic E-state index is 0.234. The average molecular weight is 976 g/mol. The minimum atomic E-state index is -1.79. The van der Waals surface area contributed by atoms with Gasteiger partial charge in [0.2, 0.25) is 5.91 Å². The number of ether oxygens (including phenoxy) is 4. The van der Waals surface area contributed by atoms with Crippen LogP contribution in [0.5, 0.6) is 0 Å². The molecular formula is C55H93NO13. The van der Waals surface area contributed by atoms with E-state index >= 15 is 0 Å². The molecule has 0 spiro atoms. The SMILES string of the molecule is CC/C=C\C/C=C\C/C=C\C/C=C\C/C=C\C/C=C\C/C=C\CCCCCCCC(=O)NC(COC1OC(CO)C(OC2OC(CO)C(O)C(O)C2O)C(O)C1O)C(O)CCCCCCCCCC. The van der Waals surface area contributed by atoms with Gasteiger partial charge in [0.1, 0.15) is 48.8 Å². The molecule has 0 aliphatic carbocycles. The predicted molar refractivity (Wildman–Crippen MR) is 272 cm³/mol. The molecule has 2 aliphatic rings. The number of carbonyl (C=O) groups is 1. The van der Waals surface area contributed by atoms with E-state index < -0.39 is 86.8 Å². The molecule has 1 amide bonds. The van der Waals surface area contributed by atoms with Crippen LogP contribution in [0, 0.1) is 0 Å². The molecule has 0 aromatic rings. The lowest BCUT2D eigenvalue weighted by Gasteiger charge is -2.46. The highest BCUT2D eigenvalue weighted by atomic mass is 16.7. The number of rotatable bonds is 39. The fourth-order valence-electron chi connectivity index (χ4n) is 8.10. The van der Waals surface area contributed by atoms with Crippen molar-refractivity contribution in [3.8, 4) is 0 Å². The van der Waals surface area contributed by atoms with E-state index in [9.17, 15) is 45.6 Å². The number of unbranched alkanes of at least 4 members (excludes halogenated alkanes) is 12. The fourth-order valence-corrected chi connectivity index (χ4v) is 8.10. The fraction of sp³-hybridized carbons (Fsp3) is 0.727. The molecule has 14 nitrogen and oxygen atoms in total. The third kappa shape index (κ3) is 27.5. The lowest BCUT2D eigenvalue weighted by Crippen LogP contribution is -2.65. The summed E-state index contributed by atoms with van der Waals surface area (Å²) < 4.78 is 22.7. The van der Waals surface area contributed by atoms with Crippen molar-refractivity contribution < 1.29 is 64.6 Å². The van der Waals surface area contributed by atoms with E-state index in [2.05, 4.69) is 104 Å². The molecule has 12 unspecified atom stereocenters. The summed E-state index contributed by atoms with van der Waals surface area (Å²) >= 11 is 0. The zero-order valence-electron chi connectivity index (χ0n) is 42.0. The number of allylic oxidation sites excluding steroid dienone is 14. The van der Waals surface area contributed by atoms with Crippen molar-refractivity contribution in [3.05, 3.63) is 85.1 Å². The van der Waals surface area contributed by atoms with Gasteiger partial charge in [-0.2, -0.15) is 0 Å². The van der Waals surface area contributed by atoms with Gasteiger partial charge in [-0.3, -0.25) is 4.79 Å². The molecule has 2 fully saturated rings. The largest absolute Gasteiger partial charge is 0.394 e. The third-order valence-corrected chi connectivity index (χ3v) is 12.4. The second kappa shape index (κ2) is 40.7. The third-order valence-electron chi connectivity index (χ3n) is 12.4. The van der Waals surface area contributed by atoms with Gasteiger partial charge in [-0.05, 0) is 70.6 Å². The maximum atomic E-state index is 13.2. The second-order valence-corrected chi connectivity index (χ2v) is 18.3. The van der Waals surface area contributed by atoms with Crippen LogP contribution >= 0.6 is 0 Å². The number of nitrogens with one attached hydrogen (secondary N) is 1. The monoisotopic (exact) mass is 976 g/mol. The summed E-state index contributed by atoms with van der Waals surface area (Å²) in [5.74, 6) is -0.234. The van der Waals surface area contributed by atoms with Gasteiger partial charge in [0.15, 0.2) is 12.6 Å². The lowest BCUT2D eigenvalue weighted by molar-refractivity contribution is -0.359. The topological polar surface area (TPSA) is 228 Å². The number of hydrogen-bond donors (Lipinski definition) is 9. The lowest BCUT2D eigenvalue weighted by atomic mass is 9.97. The zero-order valence-corrected chi connectivity index (χ0v) is 42.0. The molecule has 0 aromatic carbocycles. The van der Waals surface area contributed by atoms with Crippen molar-refractivity contribution in [2.24, 2.45) is 0 Å². The zero-order chi connectivity index (χ0) is 50.3. The van der Waals surface area contributed by atoms with Crippen LogP contribution in [0.4, 0.5) is 0 Å². The van der Waals surface area contributed by atoms with Crippen LogP contribution in [0.2, 0.25) is 0 Å². The Labute approximate surface area is 414 Å². The number of hydrogen-bond acceptors (Lipinski definition) is 13. The van der Waals surface area contributed by atoms with E-state index in [1.807, 2.05) is 0 Å². The maximum Gasteiger partial charge on any atom is 0.220 e. The van der Waals surface area contributed by atoms with Gasteiger partial charge in [0, 0.05) is 6.42 Å². The van der Waals surface area contributed by atoms with Crippen LogP contribution in [0.25, 0.3) is 0 Å². The average Bonchev–Trinajstić information content (AvgIpc) is 3.35. The molecule has 69 heavy (non-hydrogen) atoms. The summed E-state index contributed by atoms with van der Waals surface area (Å²) in [6.07, 6.45) is 36.1. The molecule has 2 heterocycles. The van der Waals surface area contributed by atoms with Crippen molar-refractivity contribution in [2.45, 2.75) is 235 Å². The summed E-state index contributed by atoms with van der Waals surface area (Å²) in [4.78, 5) is 13.2. The van der Waals surface area contributed by atoms with Crippen molar-refractivity contribution in [3.63, 3.8) is 0 Å². The first kappa shape index (κ1) is 62.3. The highest BCUT2D eigenvalue weighted by molar-refractivity contribution is 5.76. The predicted octanol–water partition coefficient (Wildman–Crippen LogP) is 7.38. The molecule has 0 aromatic heterocycles. The quantitative estimate of drug-likeness (QED) is 0.0217. The van der Waals surface area contributed by atoms with E-state index in [0.29, 0.717) is 12.8 Å². The number of aliphatic hydroxyl groups is 8. The minimum Gasteiger partial charge on any atom is -0.394 e. The highest BCUT2D eigenvalue weighted by Gasteiger charge is 2.51. The molecule has 2 rings (SSSR count). The number of aliphatic hydroxyl groups excluding tert-OH is 8. The van der Waals surface area contributed by atoms with E-state index in [0.717, 1.165) is 103 Å². The smallest absolute Gasteiger partial charge is 0.220 e. The summed E-state index contributed by atoms with van der Waals surface area (Å²) in [5.41, 5.74) is 0. The van der Waals surface area contributed by atoms with Gasteiger partial charge in [-0.1, -0.05) is 170 Å². The Balaban J connectivity index is 1.73. The summed E-state index contributed by atoms with van der Waals surface area (Å²) in [5, 5.41) is 86.7. The molecule has 12 atom stereocenters. The molecule has 9 N–H and O–H groups in total. The van der Waals surface area contributed by atoms with Gasteiger partial charge >= 0.3 is 0 Å². The van der Waals surface area contributed by atoms with E-state index in [1.165, 1.54) is 25.7 Å². The molecule has 0 radical (unpaired) electrons. The summed E-state index contributed by atoms with van der Waals surface area (Å²) in [6, 6.07) is -0.842. The van der Waals surface area contributed by atoms with Crippen molar-refractivity contribution >= 4 is 5.91 Å². The Bertz CT molecular complexity index is 1480. The van der Waals surface area contributed by atoms with Crippen LogP contribution in [0.1, 0.15) is 162 Å². The van der Waals surface area contributed by atoms with Gasteiger partial charge in [-0.25, -0.2) is 0 Å². The molecule has 14 heteroatoms. The maximum absolute atomic E-state index is 13.2. The van der Waals surface area contributed by atoms with Crippen LogP contribution in [0.3, 0.4) is 0 Å². The van der Waals surface area contributed by atoms with E-state index in [1.54, 1.807) is 0 Å². The van der Waals surface area contributed by atoms with Crippen LogP contribution in [-0.4, -0.2) is 140 Å². The van der Waals surface area contributed by atoms with Crippen LogP contribution in [0.15, 0.2) is 85.1 Å². The van der Waals surface area contributed by atoms with Gasteiger partial charge < -0.3 is 65.1 Å². The summed E-state index contributed by atoms with van der Waals surface area (Å²) in [6.45, 7) is 2.65.